The van der Waals surface area contributed by atoms with Crippen molar-refractivity contribution in [3.05, 3.63) is 23.8 Å². The predicted octanol–water partition coefficient (Wildman–Crippen LogP) is 5.09. The Bertz CT molecular complexity index is 418. The molecule has 0 spiro atoms. The molecule has 0 aliphatic rings. The third kappa shape index (κ3) is 4.62. The lowest BCUT2D eigenvalue weighted by molar-refractivity contribution is -0.139. The van der Waals surface area contributed by atoms with Gasteiger partial charge in [0, 0.05) is 18.8 Å². The van der Waals surface area contributed by atoms with Crippen molar-refractivity contribution in [2.75, 3.05) is 12.4 Å². The molecule has 1 aromatic rings. The van der Waals surface area contributed by atoms with E-state index in [1.54, 1.807) is 7.05 Å². The molecule has 114 valence electrons. The molecule has 1 atom stereocenters. The highest BCUT2D eigenvalue weighted by molar-refractivity contribution is 5.52. The number of rotatable bonds is 7. The molecule has 2 nitrogen and oxygen atoms in total. The summed E-state index contributed by atoms with van der Waals surface area (Å²) in [5.41, 5.74) is -0.107. The Morgan fingerprint density at radius 3 is 2.45 bits per heavy atom. The van der Waals surface area contributed by atoms with Crippen molar-refractivity contribution < 1.29 is 17.9 Å². The Balaban J connectivity index is 3.00. The average Bonchev–Trinajstić information content (AvgIpc) is 2.41. The van der Waals surface area contributed by atoms with Crippen molar-refractivity contribution in [2.24, 2.45) is 0 Å². The Labute approximate surface area is 118 Å². The molecule has 0 heterocycles. The standard InChI is InChI=1S/C15H22F3NO/c1-4-6-7-12(5-2)20-14-10-11(19-3)8-9-13(14)15(16,17)18/h8-10,12,19H,4-7H2,1-3H3/t12-/m0/s1. The van der Waals surface area contributed by atoms with Gasteiger partial charge in [0.1, 0.15) is 5.75 Å². The summed E-state index contributed by atoms with van der Waals surface area (Å²) >= 11 is 0. The van der Waals surface area contributed by atoms with Crippen LogP contribution in [0.2, 0.25) is 0 Å². The first-order valence-corrected chi connectivity index (χ1v) is 6.98. The van der Waals surface area contributed by atoms with Crippen molar-refractivity contribution in [2.45, 2.75) is 51.8 Å². The first-order chi connectivity index (χ1) is 9.42. The van der Waals surface area contributed by atoms with E-state index in [2.05, 4.69) is 12.2 Å². The summed E-state index contributed by atoms with van der Waals surface area (Å²) in [6.07, 6.45) is -1.16. The average molecular weight is 289 g/mol. The lowest BCUT2D eigenvalue weighted by Crippen LogP contribution is -2.18. The molecule has 0 bridgehead atoms. The maximum Gasteiger partial charge on any atom is 0.419 e. The van der Waals surface area contributed by atoms with Crippen molar-refractivity contribution in [1.29, 1.82) is 0 Å². The molecule has 0 radical (unpaired) electrons. The van der Waals surface area contributed by atoms with Crippen LogP contribution in [0.25, 0.3) is 0 Å². The minimum atomic E-state index is -4.40. The van der Waals surface area contributed by atoms with Crippen LogP contribution in [-0.2, 0) is 6.18 Å². The second-order valence-electron chi connectivity index (χ2n) is 4.75. The summed E-state index contributed by atoms with van der Waals surface area (Å²) in [5.74, 6) is -0.0905. The summed E-state index contributed by atoms with van der Waals surface area (Å²) < 4.78 is 44.6. The Kier molecular flexibility index (Phi) is 6.17. The van der Waals surface area contributed by atoms with Crippen molar-refractivity contribution in [3.63, 3.8) is 0 Å². The molecule has 0 amide bonds. The van der Waals surface area contributed by atoms with Gasteiger partial charge in [-0.05, 0) is 25.0 Å². The highest BCUT2D eigenvalue weighted by Crippen LogP contribution is 2.38. The second kappa shape index (κ2) is 7.41. The van der Waals surface area contributed by atoms with Gasteiger partial charge in [-0.25, -0.2) is 0 Å². The number of benzene rings is 1. The van der Waals surface area contributed by atoms with E-state index >= 15 is 0 Å². The van der Waals surface area contributed by atoms with Crippen molar-refractivity contribution in [3.8, 4) is 5.75 Å². The zero-order valence-corrected chi connectivity index (χ0v) is 12.2. The first kappa shape index (κ1) is 16.7. The van der Waals surface area contributed by atoms with E-state index in [1.165, 1.54) is 12.1 Å². The van der Waals surface area contributed by atoms with E-state index in [1.807, 2.05) is 6.92 Å². The molecule has 0 saturated heterocycles. The van der Waals surface area contributed by atoms with Gasteiger partial charge in [-0.3, -0.25) is 0 Å². The van der Waals surface area contributed by atoms with Crippen LogP contribution in [0.1, 0.15) is 45.1 Å². The van der Waals surface area contributed by atoms with Crippen LogP contribution in [0.5, 0.6) is 5.75 Å². The largest absolute Gasteiger partial charge is 0.490 e. The zero-order chi connectivity index (χ0) is 15.2. The van der Waals surface area contributed by atoms with Crippen LogP contribution < -0.4 is 10.1 Å². The van der Waals surface area contributed by atoms with Crippen LogP contribution in [0, 0.1) is 0 Å². The van der Waals surface area contributed by atoms with Gasteiger partial charge in [0.2, 0.25) is 0 Å². The Morgan fingerprint density at radius 1 is 1.25 bits per heavy atom. The number of alkyl halides is 3. The SMILES string of the molecule is CCCC[C@H](CC)Oc1cc(NC)ccc1C(F)(F)F. The molecular formula is C15H22F3NO. The van der Waals surface area contributed by atoms with Crippen LogP contribution in [-0.4, -0.2) is 13.2 Å². The molecule has 0 aliphatic carbocycles. The van der Waals surface area contributed by atoms with Crippen molar-refractivity contribution in [1.82, 2.24) is 0 Å². The fourth-order valence-electron chi connectivity index (χ4n) is 1.97. The summed E-state index contributed by atoms with van der Waals surface area (Å²) in [7, 11) is 1.67. The quantitative estimate of drug-likeness (QED) is 0.754. The highest BCUT2D eigenvalue weighted by atomic mass is 19.4. The van der Waals surface area contributed by atoms with Crippen molar-refractivity contribution >= 4 is 5.69 Å². The molecule has 1 aromatic carbocycles. The fraction of sp³-hybridized carbons (Fsp3) is 0.600. The number of hydrogen-bond acceptors (Lipinski definition) is 2. The van der Waals surface area contributed by atoms with Gasteiger partial charge in [0.15, 0.2) is 0 Å². The van der Waals surface area contributed by atoms with Gasteiger partial charge in [-0.2, -0.15) is 13.2 Å². The zero-order valence-electron chi connectivity index (χ0n) is 12.2. The van der Waals surface area contributed by atoms with E-state index in [0.717, 1.165) is 25.3 Å². The third-order valence-electron chi connectivity index (χ3n) is 3.20. The normalized spacial score (nSPS) is 13.1. The van der Waals surface area contributed by atoms with Gasteiger partial charge >= 0.3 is 6.18 Å². The summed E-state index contributed by atoms with van der Waals surface area (Å²) in [5, 5.41) is 2.83. The molecule has 0 aromatic heterocycles. The summed E-state index contributed by atoms with van der Waals surface area (Å²) in [6.45, 7) is 3.98. The molecule has 0 aliphatic heterocycles. The topological polar surface area (TPSA) is 21.3 Å². The van der Waals surface area contributed by atoms with Crippen LogP contribution >= 0.6 is 0 Å². The van der Waals surface area contributed by atoms with Gasteiger partial charge in [0.05, 0.1) is 11.7 Å². The lowest BCUT2D eigenvalue weighted by Gasteiger charge is -2.21. The van der Waals surface area contributed by atoms with Gasteiger partial charge in [0.25, 0.3) is 0 Å². The fourth-order valence-corrected chi connectivity index (χ4v) is 1.97. The van der Waals surface area contributed by atoms with Crippen LogP contribution in [0.4, 0.5) is 18.9 Å². The molecule has 20 heavy (non-hydrogen) atoms. The molecule has 0 fully saturated rings. The van der Waals surface area contributed by atoms with Gasteiger partial charge < -0.3 is 10.1 Å². The number of halogens is 3. The van der Waals surface area contributed by atoms with E-state index in [0.29, 0.717) is 12.1 Å². The van der Waals surface area contributed by atoms with E-state index < -0.39 is 11.7 Å². The highest BCUT2D eigenvalue weighted by Gasteiger charge is 2.34. The Morgan fingerprint density at radius 2 is 1.95 bits per heavy atom. The number of anilines is 1. The maximum absolute atomic E-state index is 13.0. The van der Waals surface area contributed by atoms with Gasteiger partial charge in [-0.15, -0.1) is 0 Å². The second-order valence-corrected chi connectivity index (χ2v) is 4.75. The van der Waals surface area contributed by atoms with Crippen LogP contribution in [0.15, 0.2) is 18.2 Å². The molecule has 5 heteroatoms. The molecule has 1 rings (SSSR count). The number of hydrogen-bond donors (Lipinski definition) is 1. The number of nitrogens with one attached hydrogen (secondary N) is 1. The molecular weight excluding hydrogens is 267 g/mol. The smallest absolute Gasteiger partial charge is 0.419 e. The number of ether oxygens (including phenoxy) is 1. The minimum Gasteiger partial charge on any atom is -0.490 e. The third-order valence-corrected chi connectivity index (χ3v) is 3.20. The van der Waals surface area contributed by atoms with Crippen LogP contribution in [0.3, 0.4) is 0 Å². The molecule has 0 saturated carbocycles. The van der Waals surface area contributed by atoms with E-state index in [9.17, 15) is 13.2 Å². The Hall–Kier alpha value is -1.39. The molecule has 0 unspecified atom stereocenters. The monoisotopic (exact) mass is 289 g/mol. The molecule has 1 N–H and O–H groups in total. The number of unbranched alkanes of at least 4 members (excludes halogenated alkanes) is 1. The summed E-state index contributed by atoms with van der Waals surface area (Å²) in [6, 6.07) is 3.88. The maximum atomic E-state index is 13.0. The van der Waals surface area contributed by atoms with E-state index in [4.69, 9.17) is 4.74 Å². The lowest BCUT2D eigenvalue weighted by atomic mass is 10.1. The first-order valence-electron chi connectivity index (χ1n) is 6.98. The summed E-state index contributed by atoms with van der Waals surface area (Å²) in [4.78, 5) is 0. The van der Waals surface area contributed by atoms with E-state index in [-0.39, 0.29) is 11.9 Å². The minimum absolute atomic E-state index is 0.0905. The predicted molar refractivity (Wildman–Crippen MR) is 75.2 cm³/mol. The van der Waals surface area contributed by atoms with Gasteiger partial charge in [-0.1, -0.05) is 26.7 Å².